The Kier molecular flexibility index (Phi) is 3.02. The molecule has 5 heteroatoms. The van der Waals surface area contributed by atoms with Gasteiger partial charge in [-0.3, -0.25) is 9.36 Å². The number of rotatable bonds is 2. The maximum atomic E-state index is 12.3. The minimum atomic E-state index is -1.28. The Hall–Kier alpha value is -2.95. The highest BCUT2D eigenvalue weighted by Crippen LogP contribution is 2.24. The third kappa shape index (κ3) is 2.08. The molecule has 2 aromatic carbocycles. The van der Waals surface area contributed by atoms with Gasteiger partial charge in [-0.15, -0.1) is 0 Å². The fraction of sp³-hybridized carbons (Fsp3) is 0.0625. The first-order valence-corrected chi connectivity index (χ1v) is 6.38. The van der Waals surface area contributed by atoms with Crippen molar-refractivity contribution in [3.05, 3.63) is 70.4 Å². The van der Waals surface area contributed by atoms with Crippen molar-refractivity contribution < 1.29 is 9.90 Å². The molecule has 5 nitrogen and oxygen atoms in total. The molecule has 0 radical (unpaired) electrons. The maximum Gasteiger partial charge on any atom is 0.342 e. The normalized spacial score (nSPS) is 10.7. The molecule has 0 atom stereocenters. The van der Waals surface area contributed by atoms with E-state index in [1.807, 2.05) is 37.3 Å². The Labute approximate surface area is 120 Å². The van der Waals surface area contributed by atoms with Crippen LogP contribution in [0.2, 0.25) is 0 Å². The zero-order valence-electron chi connectivity index (χ0n) is 11.3. The van der Waals surface area contributed by atoms with Crippen LogP contribution in [0.15, 0.2) is 53.7 Å². The van der Waals surface area contributed by atoms with Crippen molar-refractivity contribution in [1.29, 1.82) is 0 Å². The third-order valence-corrected chi connectivity index (χ3v) is 3.44. The molecule has 3 aromatic rings. The Morgan fingerprint density at radius 3 is 2.57 bits per heavy atom. The van der Waals surface area contributed by atoms with Crippen LogP contribution in [0, 0.1) is 6.92 Å². The summed E-state index contributed by atoms with van der Waals surface area (Å²) in [5, 5.41) is 10.9. The van der Waals surface area contributed by atoms with Gasteiger partial charge in [-0.2, -0.15) is 0 Å². The van der Waals surface area contributed by atoms with Gasteiger partial charge in [0.15, 0.2) is 0 Å². The Balaban J connectivity index is 2.37. The fourth-order valence-electron chi connectivity index (χ4n) is 2.37. The lowest BCUT2D eigenvalue weighted by Crippen LogP contribution is -2.25. The van der Waals surface area contributed by atoms with Crippen LogP contribution in [0.3, 0.4) is 0 Å². The van der Waals surface area contributed by atoms with E-state index < -0.39 is 11.5 Å². The van der Waals surface area contributed by atoms with Gasteiger partial charge in [0, 0.05) is 11.6 Å². The highest BCUT2D eigenvalue weighted by Gasteiger charge is 2.13. The number of aryl methyl sites for hydroxylation is 1. The van der Waals surface area contributed by atoms with E-state index in [0.717, 1.165) is 22.5 Å². The summed E-state index contributed by atoms with van der Waals surface area (Å²) < 4.78 is 1.27. The van der Waals surface area contributed by atoms with Crippen molar-refractivity contribution >= 4 is 16.7 Å². The molecular formula is C16H12N2O3. The second-order valence-electron chi connectivity index (χ2n) is 4.73. The Morgan fingerprint density at radius 1 is 1.14 bits per heavy atom. The van der Waals surface area contributed by atoms with Crippen molar-refractivity contribution in [1.82, 2.24) is 9.55 Å². The number of aromatic nitrogens is 2. The van der Waals surface area contributed by atoms with E-state index in [1.165, 1.54) is 10.9 Å². The monoisotopic (exact) mass is 280 g/mol. The molecule has 104 valence electrons. The Bertz CT molecular complexity index is 913. The van der Waals surface area contributed by atoms with E-state index in [-0.39, 0.29) is 5.56 Å². The van der Waals surface area contributed by atoms with Gasteiger partial charge >= 0.3 is 5.97 Å². The predicted molar refractivity (Wildman–Crippen MR) is 79.0 cm³/mol. The summed E-state index contributed by atoms with van der Waals surface area (Å²) in [7, 11) is 0. The van der Waals surface area contributed by atoms with Crippen LogP contribution in [-0.4, -0.2) is 20.6 Å². The van der Waals surface area contributed by atoms with Crippen molar-refractivity contribution in [2.45, 2.75) is 6.92 Å². The van der Waals surface area contributed by atoms with Crippen molar-refractivity contribution in [2.24, 2.45) is 0 Å². The minimum Gasteiger partial charge on any atom is -0.477 e. The van der Waals surface area contributed by atoms with Gasteiger partial charge < -0.3 is 5.11 Å². The summed E-state index contributed by atoms with van der Waals surface area (Å²) in [6, 6.07) is 11.4. The van der Waals surface area contributed by atoms with Crippen molar-refractivity contribution in [3.8, 4) is 5.69 Å². The molecule has 0 saturated heterocycles. The summed E-state index contributed by atoms with van der Waals surface area (Å²) in [6.45, 7) is 1.99. The number of benzene rings is 2. The maximum absolute atomic E-state index is 12.3. The lowest BCUT2D eigenvalue weighted by atomic mass is 10.0. The average molecular weight is 280 g/mol. The lowest BCUT2D eigenvalue weighted by Gasteiger charge is -2.11. The fourth-order valence-corrected chi connectivity index (χ4v) is 2.37. The first-order chi connectivity index (χ1) is 10.1. The topological polar surface area (TPSA) is 72.2 Å². The van der Waals surface area contributed by atoms with E-state index in [9.17, 15) is 9.59 Å². The largest absolute Gasteiger partial charge is 0.477 e. The van der Waals surface area contributed by atoms with Crippen LogP contribution in [-0.2, 0) is 0 Å². The highest BCUT2D eigenvalue weighted by molar-refractivity contribution is 5.93. The lowest BCUT2D eigenvalue weighted by molar-refractivity contribution is 0.0694. The summed E-state index contributed by atoms with van der Waals surface area (Å²) in [5.74, 6) is -1.28. The number of hydrogen-bond donors (Lipinski definition) is 1. The molecule has 3 rings (SSSR count). The molecule has 1 heterocycles. The SMILES string of the molecule is Cc1ccc(-n2cncc(C(=O)O)c2=O)c2ccccc12. The number of nitrogens with zero attached hydrogens (tertiary/aromatic N) is 2. The van der Waals surface area contributed by atoms with Crippen LogP contribution < -0.4 is 5.56 Å². The van der Waals surface area contributed by atoms with E-state index in [0.29, 0.717) is 5.69 Å². The van der Waals surface area contributed by atoms with Crippen LogP contribution in [0.25, 0.3) is 16.5 Å². The number of carboxylic acid groups (broad SMARTS) is 1. The van der Waals surface area contributed by atoms with E-state index in [2.05, 4.69) is 4.98 Å². The van der Waals surface area contributed by atoms with Gasteiger partial charge in [0.1, 0.15) is 11.9 Å². The second-order valence-corrected chi connectivity index (χ2v) is 4.73. The minimum absolute atomic E-state index is 0.345. The van der Waals surface area contributed by atoms with Crippen molar-refractivity contribution in [2.75, 3.05) is 0 Å². The van der Waals surface area contributed by atoms with Crippen LogP contribution >= 0.6 is 0 Å². The number of carboxylic acids is 1. The molecule has 0 fully saturated rings. The molecule has 1 aromatic heterocycles. The van der Waals surface area contributed by atoms with Gasteiger partial charge in [0.25, 0.3) is 5.56 Å². The molecular weight excluding hydrogens is 268 g/mol. The zero-order valence-corrected chi connectivity index (χ0v) is 11.3. The smallest absolute Gasteiger partial charge is 0.342 e. The van der Waals surface area contributed by atoms with Gasteiger partial charge in [0.2, 0.25) is 0 Å². The van der Waals surface area contributed by atoms with Gasteiger partial charge in [-0.05, 0) is 23.9 Å². The summed E-state index contributed by atoms with van der Waals surface area (Å²) >= 11 is 0. The van der Waals surface area contributed by atoms with Gasteiger partial charge in [-0.25, -0.2) is 9.78 Å². The average Bonchev–Trinajstić information content (AvgIpc) is 2.48. The summed E-state index contributed by atoms with van der Waals surface area (Å²) in [4.78, 5) is 27.2. The molecule has 0 aliphatic carbocycles. The predicted octanol–water partition coefficient (Wildman–Crippen LogP) is 2.39. The van der Waals surface area contributed by atoms with Gasteiger partial charge in [0.05, 0.1) is 5.69 Å². The summed E-state index contributed by atoms with van der Waals surface area (Å²) in [6.07, 6.45) is 2.41. The van der Waals surface area contributed by atoms with Crippen LogP contribution in [0.5, 0.6) is 0 Å². The quantitative estimate of drug-likeness (QED) is 0.782. The molecule has 1 N–H and O–H groups in total. The summed E-state index contributed by atoms with van der Waals surface area (Å²) in [5.41, 5.74) is 0.773. The standard InChI is InChI=1S/C16H12N2O3/c1-10-6-7-14(12-5-3-2-4-11(10)12)18-9-17-8-13(15(18)19)16(20)21/h2-9H,1H3,(H,20,21). The molecule has 0 amide bonds. The molecule has 0 aliphatic heterocycles. The molecule has 0 saturated carbocycles. The second kappa shape index (κ2) is 4.86. The van der Waals surface area contributed by atoms with E-state index in [4.69, 9.17) is 5.11 Å². The third-order valence-electron chi connectivity index (χ3n) is 3.44. The molecule has 0 spiro atoms. The highest BCUT2D eigenvalue weighted by atomic mass is 16.4. The molecule has 0 aliphatic rings. The number of fused-ring (bicyclic) bond motifs is 1. The first-order valence-electron chi connectivity index (χ1n) is 6.38. The zero-order chi connectivity index (χ0) is 15.0. The number of hydrogen-bond acceptors (Lipinski definition) is 3. The first kappa shape index (κ1) is 13.1. The van der Waals surface area contributed by atoms with E-state index in [1.54, 1.807) is 6.07 Å². The van der Waals surface area contributed by atoms with Gasteiger partial charge in [-0.1, -0.05) is 30.3 Å². The number of aromatic carboxylic acids is 1. The molecule has 0 bridgehead atoms. The van der Waals surface area contributed by atoms with E-state index >= 15 is 0 Å². The molecule has 0 unspecified atom stereocenters. The van der Waals surface area contributed by atoms with Crippen LogP contribution in [0.4, 0.5) is 0 Å². The molecule has 21 heavy (non-hydrogen) atoms. The number of carbonyl (C=O) groups is 1. The van der Waals surface area contributed by atoms with Crippen LogP contribution in [0.1, 0.15) is 15.9 Å². The van der Waals surface area contributed by atoms with Crippen molar-refractivity contribution in [3.63, 3.8) is 0 Å². The Morgan fingerprint density at radius 2 is 1.86 bits per heavy atom.